The summed E-state index contributed by atoms with van der Waals surface area (Å²) in [6.07, 6.45) is 8.10. The molecule has 4 nitrogen and oxygen atoms in total. The van der Waals surface area contributed by atoms with Crippen molar-refractivity contribution < 1.29 is 4.42 Å². The van der Waals surface area contributed by atoms with Gasteiger partial charge in [0.05, 0.1) is 23.6 Å². The predicted molar refractivity (Wildman–Crippen MR) is 129 cm³/mol. The molecule has 0 atom stereocenters. The van der Waals surface area contributed by atoms with E-state index in [1.807, 2.05) is 24.3 Å². The van der Waals surface area contributed by atoms with Gasteiger partial charge < -0.3 is 4.42 Å². The first-order valence-electron chi connectivity index (χ1n) is 10.4. The third-order valence-electron chi connectivity index (χ3n) is 5.79. The third-order valence-corrected chi connectivity index (χ3v) is 5.79. The van der Waals surface area contributed by atoms with Gasteiger partial charge in [-0.2, -0.15) is 0 Å². The summed E-state index contributed by atoms with van der Waals surface area (Å²) in [4.78, 5) is 9.27. The molecule has 0 N–H and O–H groups in total. The van der Waals surface area contributed by atoms with Crippen molar-refractivity contribution in [2.75, 3.05) is 16.3 Å². The van der Waals surface area contributed by atoms with Crippen LogP contribution in [0.5, 0.6) is 0 Å². The molecule has 6 rings (SSSR count). The molecule has 4 heteroatoms. The van der Waals surface area contributed by atoms with E-state index in [-0.39, 0.29) is 0 Å². The van der Waals surface area contributed by atoms with Crippen molar-refractivity contribution in [1.29, 1.82) is 0 Å². The van der Waals surface area contributed by atoms with Crippen LogP contribution in [0.2, 0.25) is 0 Å². The minimum absolute atomic E-state index is 0.601. The summed E-state index contributed by atoms with van der Waals surface area (Å²) in [6.45, 7) is 7.01. The van der Waals surface area contributed by atoms with Crippen molar-refractivity contribution in [2.45, 2.75) is 6.92 Å². The number of anilines is 3. The molecule has 0 aliphatic carbocycles. The maximum absolute atomic E-state index is 6.08. The fourth-order valence-corrected chi connectivity index (χ4v) is 4.37. The van der Waals surface area contributed by atoms with E-state index in [1.165, 1.54) is 5.56 Å². The number of allylic oxidation sites excluding steroid dienone is 3. The topological polar surface area (TPSA) is 32.0 Å². The van der Waals surface area contributed by atoms with Gasteiger partial charge in [-0.25, -0.2) is 4.99 Å². The van der Waals surface area contributed by atoms with Gasteiger partial charge in [-0.15, -0.1) is 0 Å². The van der Waals surface area contributed by atoms with Gasteiger partial charge in [0, 0.05) is 16.5 Å². The summed E-state index contributed by atoms with van der Waals surface area (Å²) < 4.78 is 6.08. The van der Waals surface area contributed by atoms with Crippen molar-refractivity contribution in [2.24, 2.45) is 4.99 Å². The van der Waals surface area contributed by atoms with Crippen LogP contribution in [0.25, 0.3) is 21.9 Å². The highest BCUT2D eigenvalue weighted by Crippen LogP contribution is 2.45. The number of benzene rings is 3. The molecule has 0 spiro atoms. The fourth-order valence-electron chi connectivity index (χ4n) is 4.37. The molecule has 31 heavy (non-hydrogen) atoms. The maximum Gasteiger partial charge on any atom is 0.215 e. The van der Waals surface area contributed by atoms with Gasteiger partial charge in [0.15, 0.2) is 0 Å². The smallest absolute Gasteiger partial charge is 0.215 e. The molecular weight excluding hydrogens is 382 g/mol. The molecule has 3 aromatic carbocycles. The molecule has 0 saturated heterocycles. The summed E-state index contributed by atoms with van der Waals surface area (Å²) in [6, 6.07) is 21.0. The van der Waals surface area contributed by atoms with Crippen LogP contribution >= 0.6 is 0 Å². The monoisotopic (exact) mass is 403 g/mol. The van der Waals surface area contributed by atoms with E-state index in [0.29, 0.717) is 6.54 Å². The number of guanidine groups is 1. The van der Waals surface area contributed by atoms with Gasteiger partial charge in [0.25, 0.3) is 0 Å². The Morgan fingerprint density at radius 2 is 1.61 bits per heavy atom. The largest absolute Gasteiger partial charge is 0.456 e. The van der Waals surface area contributed by atoms with Gasteiger partial charge in [-0.3, -0.25) is 9.80 Å². The van der Waals surface area contributed by atoms with Gasteiger partial charge >= 0.3 is 0 Å². The average molecular weight is 403 g/mol. The highest BCUT2D eigenvalue weighted by Gasteiger charge is 2.35. The second-order valence-corrected chi connectivity index (χ2v) is 7.86. The summed E-state index contributed by atoms with van der Waals surface area (Å²) in [7, 11) is 0. The van der Waals surface area contributed by atoms with E-state index in [2.05, 4.69) is 84.0 Å². The molecule has 3 heterocycles. The molecule has 0 radical (unpaired) electrons. The van der Waals surface area contributed by atoms with Crippen molar-refractivity contribution in [1.82, 2.24) is 0 Å². The Kier molecular flexibility index (Phi) is 3.87. The molecular formula is C27H21N3O. The molecule has 2 aliphatic rings. The van der Waals surface area contributed by atoms with Crippen molar-refractivity contribution in [3.8, 4) is 0 Å². The van der Waals surface area contributed by atoms with E-state index >= 15 is 0 Å². The fraction of sp³-hybridized carbons (Fsp3) is 0.0741. The Balaban J connectivity index is 1.59. The number of rotatable bonds is 1. The van der Waals surface area contributed by atoms with Gasteiger partial charge in [0.2, 0.25) is 5.96 Å². The van der Waals surface area contributed by atoms with Crippen LogP contribution in [0.4, 0.5) is 17.1 Å². The lowest BCUT2D eigenvalue weighted by atomic mass is 10.1. The van der Waals surface area contributed by atoms with Crippen molar-refractivity contribution in [3.63, 3.8) is 0 Å². The summed E-state index contributed by atoms with van der Waals surface area (Å²) in [5.74, 6) is 0.853. The number of aryl methyl sites for hydroxylation is 1. The number of aliphatic imine (C=N–C) groups is 1. The van der Waals surface area contributed by atoms with Crippen LogP contribution in [0.1, 0.15) is 5.56 Å². The maximum atomic E-state index is 6.08. The lowest BCUT2D eigenvalue weighted by Gasteiger charge is -2.24. The predicted octanol–water partition coefficient (Wildman–Crippen LogP) is 6.85. The molecule has 1 aromatic heterocycles. The van der Waals surface area contributed by atoms with E-state index in [1.54, 1.807) is 0 Å². The quantitative estimate of drug-likeness (QED) is 0.348. The molecule has 0 fully saturated rings. The minimum atomic E-state index is 0.601. The molecule has 0 bridgehead atoms. The Hall–Kier alpha value is -4.05. The Labute approximate surface area is 180 Å². The van der Waals surface area contributed by atoms with E-state index < -0.39 is 0 Å². The van der Waals surface area contributed by atoms with E-state index in [4.69, 9.17) is 9.41 Å². The Morgan fingerprint density at radius 3 is 2.45 bits per heavy atom. The van der Waals surface area contributed by atoms with Gasteiger partial charge in [-0.1, -0.05) is 48.6 Å². The number of hydrogen-bond donors (Lipinski definition) is 0. The molecule has 150 valence electrons. The second kappa shape index (κ2) is 6.74. The van der Waals surface area contributed by atoms with E-state index in [0.717, 1.165) is 50.7 Å². The number of hydrogen-bond acceptors (Lipinski definition) is 4. The number of fused-ring (bicyclic) bond motifs is 6. The zero-order valence-electron chi connectivity index (χ0n) is 17.2. The van der Waals surface area contributed by atoms with Crippen LogP contribution in [-0.4, -0.2) is 12.5 Å². The number of nitrogens with zero attached hydrogens (tertiary/aromatic N) is 3. The zero-order valence-corrected chi connectivity index (χ0v) is 17.2. The zero-order chi connectivity index (χ0) is 20.9. The standard InChI is InChI=1S/C27H21N3O/c1-18-11-13-25-21(16-18)22-17-20(12-14-26(22)31-25)30-24-10-6-5-9-23(24)29-19(2)8-4-3-7-15-28-27(29)30/h3-14,16-17H,2,15H2,1H3/b7-3-,8-4-,28-27?. The van der Waals surface area contributed by atoms with Crippen LogP contribution in [0.3, 0.4) is 0 Å². The lowest BCUT2D eigenvalue weighted by molar-refractivity contribution is 0.669. The molecule has 2 aliphatic heterocycles. The third kappa shape index (κ3) is 2.72. The average Bonchev–Trinajstić information content (AvgIpc) is 3.32. The summed E-state index contributed by atoms with van der Waals surface area (Å²) in [5, 5.41) is 2.24. The minimum Gasteiger partial charge on any atom is -0.456 e. The molecule has 0 amide bonds. The first kappa shape index (κ1) is 17.8. The first-order valence-corrected chi connectivity index (χ1v) is 10.4. The lowest BCUT2D eigenvalue weighted by Crippen LogP contribution is -2.35. The molecule has 0 saturated carbocycles. The van der Waals surface area contributed by atoms with Crippen molar-refractivity contribution in [3.05, 3.63) is 103 Å². The SMILES string of the molecule is C=C1/C=C\C=C/CN=C2N1c1ccccc1N2c1ccc2oc3ccc(C)cc3c2c1. The summed E-state index contributed by atoms with van der Waals surface area (Å²) >= 11 is 0. The van der Waals surface area contributed by atoms with Crippen LogP contribution in [0.15, 0.2) is 107 Å². The Morgan fingerprint density at radius 1 is 0.871 bits per heavy atom. The van der Waals surface area contributed by atoms with E-state index in [9.17, 15) is 0 Å². The van der Waals surface area contributed by atoms with Gasteiger partial charge in [0.1, 0.15) is 11.2 Å². The van der Waals surface area contributed by atoms with Crippen molar-refractivity contribution >= 4 is 45.0 Å². The van der Waals surface area contributed by atoms with Gasteiger partial charge in [-0.05, 0) is 55.5 Å². The van der Waals surface area contributed by atoms with Crippen LogP contribution < -0.4 is 9.80 Å². The second-order valence-electron chi connectivity index (χ2n) is 7.86. The molecule has 0 unspecified atom stereocenters. The Bertz CT molecular complexity index is 1450. The number of para-hydroxylation sites is 2. The van der Waals surface area contributed by atoms with Crippen LogP contribution in [0, 0.1) is 6.92 Å². The normalized spacial score (nSPS) is 17.7. The summed E-state index contributed by atoms with van der Waals surface area (Å²) in [5.41, 5.74) is 7.10. The number of furan rings is 1. The first-order chi connectivity index (χ1) is 15.2. The van der Waals surface area contributed by atoms with Crippen LogP contribution in [-0.2, 0) is 0 Å². The molecule has 4 aromatic rings. The highest BCUT2D eigenvalue weighted by molar-refractivity contribution is 6.22. The highest BCUT2D eigenvalue weighted by atomic mass is 16.3.